The number of piperidine rings is 1. The minimum absolute atomic E-state index is 0.457. The average Bonchev–Trinajstić information content (AvgIpc) is 3.46. The van der Waals surface area contributed by atoms with Crippen LogP contribution in [0.2, 0.25) is 0 Å². The Balaban J connectivity index is 1.38. The lowest BCUT2D eigenvalue weighted by Gasteiger charge is -2.34. The van der Waals surface area contributed by atoms with Crippen LogP contribution in [0.5, 0.6) is 5.75 Å². The number of hydrogen-bond donors (Lipinski definition) is 1. The molecule has 1 N–H and O–H groups in total. The Morgan fingerprint density at radius 2 is 2.00 bits per heavy atom. The Bertz CT molecular complexity index is 657. The summed E-state index contributed by atoms with van der Waals surface area (Å²) >= 11 is 0. The van der Waals surface area contributed by atoms with Gasteiger partial charge in [0.15, 0.2) is 0 Å². The third-order valence-electron chi connectivity index (χ3n) is 4.79. The molecule has 1 unspecified atom stereocenters. The Morgan fingerprint density at radius 3 is 2.83 bits per heavy atom. The zero-order chi connectivity index (χ0) is 16.2. The highest BCUT2D eigenvalue weighted by molar-refractivity contribution is 5.47. The Hall–Kier alpha value is -2.23. The fraction of sp³-hybridized carbons (Fsp3) is 0.450. The van der Waals surface area contributed by atoms with E-state index in [1.807, 2.05) is 12.3 Å². The van der Waals surface area contributed by atoms with Crippen molar-refractivity contribution in [1.82, 2.24) is 4.98 Å². The van der Waals surface area contributed by atoms with E-state index < -0.39 is 0 Å². The van der Waals surface area contributed by atoms with Gasteiger partial charge in [0.1, 0.15) is 11.6 Å². The van der Waals surface area contributed by atoms with Gasteiger partial charge in [0, 0.05) is 37.1 Å². The summed E-state index contributed by atoms with van der Waals surface area (Å²) in [6.07, 6.45) is 6.88. The van der Waals surface area contributed by atoms with Crippen molar-refractivity contribution in [3.8, 4) is 5.75 Å². The van der Waals surface area contributed by atoms with Crippen molar-refractivity contribution >= 4 is 11.5 Å². The SMILES string of the molecule is c1ccc(NC2CCCN(c3cc(OCC4CC4)ccn3)C2)cc1. The standard InChI is InChI=1S/C20H25N3O/c1-2-5-17(6-3-1)22-18-7-4-12-23(14-18)20-13-19(10-11-21-20)24-15-16-8-9-16/h1-3,5-6,10-11,13,16,18,22H,4,7-9,12,14-15H2. The number of ether oxygens (including phenoxy) is 1. The Morgan fingerprint density at radius 1 is 1.12 bits per heavy atom. The summed E-state index contributed by atoms with van der Waals surface area (Å²) in [5.41, 5.74) is 1.19. The van der Waals surface area contributed by atoms with Crippen molar-refractivity contribution in [2.75, 3.05) is 29.9 Å². The molecule has 0 radical (unpaired) electrons. The van der Waals surface area contributed by atoms with Crippen molar-refractivity contribution in [3.63, 3.8) is 0 Å². The minimum Gasteiger partial charge on any atom is -0.493 e. The Labute approximate surface area is 143 Å². The number of pyridine rings is 1. The highest BCUT2D eigenvalue weighted by atomic mass is 16.5. The van der Waals surface area contributed by atoms with Gasteiger partial charge in [-0.15, -0.1) is 0 Å². The zero-order valence-corrected chi connectivity index (χ0v) is 14.0. The smallest absolute Gasteiger partial charge is 0.132 e. The third kappa shape index (κ3) is 3.99. The van der Waals surface area contributed by atoms with E-state index in [1.165, 1.54) is 31.4 Å². The van der Waals surface area contributed by atoms with Crippen LogP contribution in [0.4, 0.5) is 11.5 Å². The van der Waals surface area contributed by atoms with Crippen molar-refractivity contribution in [3.05, 3.63) is 48.7 Å². The lowest BCUT2D eigenvalue weighted by atomic mass is 10.1. The van der Waals surface area contributed by atoms with Gasteiger partial charge >= 0.3 is 0 Å². The molecule has 2 aliphatic rings. The van der Waals surface area contributed by atoms with Gasteiger partial charge in [0.25, 0.3) is 0 Å². The maximum Gasteiger partial charge on any atom is 0.132 e. The van der Waals surface area contributed by atoms with Crippen LogP contribution in [0.3, 0.4) is 0 Å². The first kappa shape index (κ1) is 15.3. The molecule has 4 heteroatoms. The van der Waals surface area contributed by atoms with Crippen molar-refractivity contribution < 1.29 is 4.74 Å². The van der Waals surface area contributed by atoms with Gasteiger partial charge in [-0.3, -0.25) is 0 Å². The summed E-state index contributed by atoms with van der Waals surface area (Å²) in [7, 11) is 0. The number of anilines is 2. The van der Waals surface area contributed by atoms with Gasteiger partial charge in [-0.1, -0.05) is 18.2 Å². The largest absolute Gasteiger partial charge is 0.493 e. The number of aromatic nitrogens is 1. The van der Waals surface area contributed by atoms with E-state index in [0.29, 0.717) is 6.04 Å². The zero-order valence-electron chi connectivity index (χ0n) is 14.0. The van der Waals surface area contributed by atoms with Crippen LogP contribution in [-0.2, 0) is 0 Å². The fourth-order valence-electron chi connectivity index (χ4n) is 3.23. The molecule has 0 amide bonds. The molecule has 1 saturated heterocycles. The van der Waals surface area contributed by atoms with E-state index in [2.05, 4.69) is 51.6 Å². The molecule has 4 rings (SSSR count). The molecule has 0 bridgehead atoms. The molecular formula is C20H25N3O. The van der Waals surface area contributed by atoms with Crippen LogP contribution in [0.15, 0.2) is 48.7 Å². The topological polar surface area (TPSA) is 37.4 Å². The quantitative estimate of drug-likeness (QED) is 0.873. The predicted octanol–water partition coefficient (Wildman–Crippen LogP) is 3.95. The second kappa shape index (κ2) is 7.12. The van der Waals surface area contributed by atoms with Gasteiger partial charge in [0.2, 0.25) is 0 Å². The first-order valence-electron chi connectivity index (χ1n) is 9.02. The Kier molecular flexibility index (Phi) is 4.54. The van der Waals surface area contributed by atoms with Gasteiger partial charge < -0.3 is 15.0 Å². The molecule has 126 valence electrons. The molecule has 24 heavy (non-hydrogen) atoms. The van der Waals surface area contributed by atoms with Crippen molar-refractivity contribution in [2.24, 2.45) is 5.92 Å². The lowest BCUT2D eigenvalue weighted by molar-refractivity contribution is 0.299. The number of nitrogens with zero attached hydrogens (tertiary/aromatic N) is 2. The lowest BCUT2D eigenvalue weighted by Crippen LogP contribution is -2.42. The summed E-state index contributed by atoms with van der Waals surface area (Å²) < 4.78 is 5.90. The molecule has 1 aromatic carbocycles. The van der Waals surface area contributed by atoms with Gasteiger partial charge in [-0.05, 0) is 49.8 Å². The van der Waals surface area contributed by atoms with Crippen LogP contribution < -0.4 is 15.0 Å². The monoisotopic (exact) mass is 323 g/mol. The maximum absolute atomic E-state index is 5.90. The number of para-hydroxylation sites is 1. The highest BCUT2D eigenvalue weighted by Gasteiger charge is 2.23. The van der Waals surface area contributed by atoms with Crippen LogP contribution in [0.1, 0.15) is 25.7 Å². The summed E-state index contributed by atoms with van der Waals surface area (Å²) in [4.78, 5) is 6.93. The second-order valence-corrected chi connectivity index (χ2v) is 6.90. The van der Waals surface area contributed by atoms with E-state index in [1.54, 1.807) is 0 Å². The summed E-state index contributed by atoms with van der Waals surface area (Å²) in [5, 5.41) is 3.64. The molecule has 1 saturated carbocycles. The molecule has 2 heterocycles. The molecule has 4 nitrogen and oxygen atoms in total. The molecule has 1 atom stereocenters. The number of hydrogen-bond acceptors (Lipinski definition) is 4. The van der Waals surface area contributed by atoms with E-state index in [4.69, 9.17) is 4.74 Å². The summed E-state index contributed by atoms with van der Waals surface area (Å²) in [6, 6.07) is 15.0. The van der Waals surface area contributed by atoms with Gasteiger partial charge in [-0.2, -0.15) is 0 Å². The molecule has 1 aliphatic carbocycles. The van der Waals surface area contributed by atoms with E-state index >= 15 is 0 Å². The molecule has 0 spiro atoms. The number of rotatable bonds is 6. The first-order valence-corrected chi connectivity index (χ1v) is 9.02. The summed E-state index contributed by atoms with van der Waals surface area (Å²) in [5.74, 6) is 2.75. The van der Waals surface area contributed by atoms with E-state index in [9.17, 15) is 0 Å². The third-order valence-corrected chi connectivity index (χ3v) is 4.79. The van der Waals surface area contributed by atoms with Gasteiger partial charge in [-0.25, -0.2) is 4.98 Å². The number of benzene rings is 1. The van der Waals surface area contributed by atoms with E-state index in [0.717, 1.165) is 37.2 Å². The van der Waals surface area contributed by atoms with Crippen LogP contribution in [-0.4, -0.2) is 30.7 Å². The normalized spacial score (nSPS) is 20.7. The molecule has 2 aromatic rings. The minimum atomic E-state index is 0.457. The number of nitrogens with one attached hydrogen (secondary N) is 1. The molecule has 2 fully saturated rings. The van der Waals surface area contributed by atoms with Crippen molar-refractivity contribution in [1.29, 1.82) is 0 Å². The van der Waals surface area contributed by atoms with Crippen molar-refractivity contribution in [2.45, 2.75) is 31.7 Å². The van der Waals surface area contributed by atoms with Crippen LogP contribution in [0, 0.1) is 5.92 Å². The predicted molar refractivity (Wildman–Crippen MR) is 97.8 cm³/mol. The van der Waals surface area contributed by atoms with E-state index in [-0.39, 0.29) is 0 Å². The molecular weight excluding hydrogens is 298 g/mol. The maximum atomic E-state index is 5.90. The van der Waals surface area contributed by atoms with Gasteiger partial charge in [0.05, 0.1) is 6.61 Å². The molecule has 1 aromatic heterocycles. The molecule has 1 aliphatic heterocycles. The fourth-order valence-corrected chi connectivity index (χ4v) is 3.23. The average molecular weight is 323 g/mol. The first-order chi connectivity index (χ1) is 11.9. The van der Waals surface area contributed by atoms with Crippen LogP contribution >= 0.6 is 0 Å². The highest BCUT2D eigenvalue weighted by Crippen LogP contribution is 2.30. The van der Waals surface area contributed by atoms with Crippen LogP contribution in [0.25, 0.3) is 0 Å². The second-order valence-electron chi connectivity index (χ2n) is 6.90. The summed E-state index contributed by atoms with van der Waals surface area (Å²) in [6.45, 7) is 2.89.